The number of aryl methyl sites for hydroxylation is 2. The first-order chi connectivity index (χ1) is 15.1. The largest absolute Gasteiger partial charge is 0.480 e. The van der Waals surface area contributed by atoms with Crippen molar-refractivity contribution in [1.29, 1.82) is 0 Å². The molecule has 0 aliphatic heterocycles. The predicted molar refractivity (Wildman–Crippen MR) is 119 cm³/mol. The maximum atomic E-state index is 12.8. The second-order valence-corrected chi connectivity index (χ2v) is 9.40. The summed E-state index contributed by atoms with van der Waals surface area (Å²) in [6.45, 7) is 3.63. The molecule has 4 rings (SSSR count). The van der Waals surface area contributed by atoms with Gasteiger partial charge in [0.05, 0.1) is 23.0 Å². The summed E-state index contributed by atoms with van der Waals surface area (Å²) in [7, 11) is 0. The van der Waals surface area contributed by atoms with Crippen LogP contribution in [0.4, 0.5) is 13.2 Å². The number of nitrogens with zero attached hydrogens (tertiary/aromatic N) is 3. The van der Waals surface area contributed by atoms with Gasteiger partial charge in [-0.1, -0.05) is 12.1 Å². The molecule has 2 aromatic carbocycles. The van der Waals surface area contributed by atoms with Crippen LogP contribution in [0.2, 0.25) is 0 Å². The summed E-state index contributed by atoms with van der Waals surface area (Å²) in [4.78, 5) is 17.6. The molecule has 10 heteroatoms. The Hall–Kier alpha value is -2.85. The molecule has 0 aliphatic carbocycles. The van der Waals surface area contributed by atoms with Crippen LogP contribution in [-0.2, 0) is 23.3 Å². The second-order valence-electron chi connectivity index (χ2n) is 7.27. The van der Waals surface area contributed by atoms with Crippen molar-refractivity contribution in [2.24, 2.45) is 0 Å². The van der Waals surface area contributed by atoms with Gasteiger partial charge >= 0.3 is 12.1 Å². The Bertz CT molecular complexity index is 1290. The lowest BCUT2D eigenvalue weighted by Gasteiger charge is -2.06. The summed E-state index contributed by atoms with van der Waals surface area (Å²) in [5.41, 5.74) is 2.57. The number of rotatable bonds is 6. The average molecular weight is 478 g/mol. The summed E-state index contributed by atoms with van der Waals surface area (Å²) in [6.07, 6.45) is -2.70. The molecule has 0 amide bonds. The number of halogens is 3. The van der Waals surface area contributed by atoms with Gasteiger partial charge in [-0.05, 0) is 43.7 Å². The van der Waals surface area contributed by atoms with Gasteiger partial charge in [-0.15, -0.1) is 23.1 Å². The predicted octanol–water partition coefficient (Wildman–Crippen LogP) is 6.17. The zero-order valence-electron chi connectivity index (χ0n) is 17.1. The molecule has 0 aliphatic rings. The summed E-state index contributed by atoms with van der Waals surface area (Å²) < 4.78 is 39.8. The number of carboxylic acids is 1. The molecule has 0 saturated heterocycles. The number of hydrogen-bond acceptors (Lipinski definition) is 5. The van der Waals surface area contributed by atoms with E-state index in [4.69, 9.17) is 5.11 Å². The number of carboxylic acid groups (broad SMARTS) is 1. The van der Waals surface area contributed by atoms with Gasteiger partial charge in [0.2, 0.25) is 0 Å². The minimum atomic E-state index is -4.36. The molecule has 166 valence electrons. The average Bonchev–Trinajstić information content (AvgIpc) is 3.29. The molecule has 2 heterocycles. The lowest BCUT2D eigenvalue weighted by atomic mass is 10.1. The molecule has 0 radical (unpaired) electrons. The smallest absolute Gasteiger partial charge is 0.416 e. The Morgan fingerprint density at radius 3 is 2.56 bits per heavy atom. The summed E-state index contributed by atoms with van der Waals surface area (Å²) >= 11 is 3.09. The molecule has 4 aromatic rings. The third kappa shape index (κ3) is 4.66. The Balaban J connectivity index is 1.51. The molecule has 5 nitrogen and oxygen atoms in total. The minimum Gasteiger partial charge on any atom is -0.480 e. The lowest BCUT2D eigenvalue weighted by Crippen LogP contribution is -2.10. The summed E-state index contributed by atoms with van der Waals surface area (Å²) in [6, 6.07) is 9.02. The van der Waals surface area contributed by atoms with E-state index >= 15 is 0 Å². The van der Waals surface area contributed by atoms with E-state index in [1.54, 1.807) is 18.0 Å². The van der Waals surface area contributed by atoms with Crippen LogP contribution in [0.15, 0.2) is 47.5 Å². The van der Waals surface area contributed by atoms with Crippen LogP contribution in [0.5, 0.6) is 0 Å². The van der Waals surface area contributed by atoms with E-state index in [-0.39, 0.29) is 6.54 Å². The maximum absolute atomic E-state index is 12.8. The number of thioether (sulfide) groups is 1. The highest BCUT2D eigenvalue weighted by atomic mass is 32.2. The molecule has 0 bridgehead atoms. The highest BCUT2D eigenvalue weighted by molar-refractivity contribution is 7.98. The van der Waals surface area contributed by atoms with Gasteiger partial charge < -0.3 is 5.11 Å². The van der Waals surface area contributed by atoms with Gasteiger partial charge in [-0.2, -0.15) is 18.3 Å². The molecule has 0 fully saturated rings. The van der Waals surface area contributed by atoms with Gasteiger partial charge in [0, 0.05) is 26.5 Å². The SMILES string of the molecule is Cc1nc(-c2ccc(C(F)(F)F)cc2)sc1CSc1cc(C)c2c(cnn2CC(=O)O)c1. The highest BCUT2D eigenvalue weighted by Crippen LogP contribution is 2.36. The highest BCUT2D eigenvalue weighted by Gasteiger charge is 2.30. The molecule has 0 spiro atoms. The van der Waals surface area contributed by atoms with Gasteiger partial charge in [-0.3, -0.25) is 9.48 Å². The van der Waals surface area contributed by atoms with E-state index in [1.807, 2.05) is 26.0 Å². The minimum absolute atomic E-state index is 0.191. The Kier molecular flexibility index (Phi) is 6.00. The third-order valence-corrected chi connectivity index (χ3v) is 7.30. The Labute approximate surface area is 189 Å². The molecule has 32 heavy (non-hydrogen) atoms. The van der Waals surface area contributed by atoms with Crippen LogP contribution >= 0.6 is 23.1 Å². The van der Waals surface area contributed by atoms with E-state index < -0.39 is 17.7 Å². The molecule has 0 unspecified atom stereocenters. The fraction of sp³-hybridized carbons (Fsp3) is 0.227. The fourth-order valence-electron chi connectivity index (χ4n) is 3.38. The van der Waals surface area contributed by atoms with Crippen molar-refractivity contribution < 1.29 is 23.1 Å². The normalized spacial score (nSPS) is 11.9. The van der Waals surface area contributed by atoms with Crippen molar-refractivity contribution in [3.05, 3.63) is 64.3 Å². The van der Waals surface area contributed by atoms with Crippen molar-refractivity contribution in [1.82, 2.24) is 14.8 Å². The first-order valence-electron chi connectivity index (χ1n) is 9.56. The molecule has 2 aromatic heterocycles. The number of hydrogen-bond donors (Lipinski definition) is 1. The van der Waals surface area contributed by atoms with Crippen LogP contribution in [-0.4, -0.2) is 25.8 Å². The number of carbonyl (C=O) groups is 1. The van der Waals surface area contributed by atoms with Gasteiger partial charge in [0.1, 0.15) is 11.6 Å². The summed E-state index contributed by atoms with van der Waals surface area (Å²) in [5, 5.41) is 14.8. The molecule has 0 saturated carbocycles. The zero-order chi connectivity index (χ0) is 23.0. The van der Waals surface area contributed by atoms with Crippen molar-refractivity contribution in [2.45, 2.75) is 37.2 Å². The van der Waals surface area contributed by atoms with Crippen LogP contribution in [0.3, 0.4) is 0 Å². The summed E-state index contributed by atoms with van der Waals surface area (Å²) in [5.74, 6) is -0.282. The monoisotopic (exact) mass is 477 g/mol. The quantitative estimate of drug-likeness (QED) is 0.336. The molecular formula is C22H18F3N3O2S2. The fourth-order valence-corrected chi connectivity index (χ4v) is 5.63. The van der Waals surface area contributed by atoms with E-state index in [0.29, 0.717) is 16.3 Å². The molecular weight excluding hydrogens is 459 g/mol. The van der Waals surface area contributed by atoms with E-state index in [1.165, 1.54) is 28.2 Å². The van der Waals surface area contributed by atoms with Crippen molar-refractivity contribution in [2.75, 3.05) is 0 Å². The first-order valence-corrected chi connectivity index (χ1v) is 11.4. The van der Waals surface area contributed by atoms with E-state index in [2.05, 4.69) is 10.1 Å². The number of thiazole rings is 1. The van der Waals surface area contributed by atoms with Gasteiger partial charge in [-0.25, -0.2) is 4.98 Å². The van der Waals surface area contributed by atoms with Gasteiger partial charge in [0.15, 0.2) is 0 Å². The lowest BCUT2D eigenvalue weighted by molar-refractivity contribution is -0.138. The number of fused-ring (bicyclic) bond motifs is 1. The Morgan fingerprint density at radius 2 is 1.91 bits per heavy atom. The van der Waals surface area contributed by atoms with Crippen molar-refractivity contribution in [3.8, 4) is 10.6 Å². The first kappa shape index (κ1) is 22.3. The maximum Gasteiger partial charge on any atom is 0.416 e. The second kappa shape index (κ2) is 8.59. The number of aromatic nitrogens is 3. The number of benzene rings is 2. The van der Waals surface area contributed by atoms with Gasteiger partial charge in [0.25, 0.3) is 0 Å². The number of aliphatic carboxylic acids is 1. The van der Waals surface area contributed by atoms with Crippen molar-refractivity contribution >= 4 is 40.0 Å². The van der Waals surface area contributed by atoms with E-state index in [0.717, 1.165) is 44.1 Å². The Morgan fingerprint density at radius 1 is 1.19 bits per heavy atom. The van der Waals surface area contributed by atoms with E-state index in [9.17, 15) is 18.0 Å². The van der Waals surface area contributed by atoms with Crippen LogP contribution in [0, 0.1) is 13.8 Å². The zero-order valence-corrected chi connectivity index (χ0v) is 18.7. The number of alkyl halides is 3. The third-order valence-electron chi connectivity index (χ3n) is 4.90. The van der Waals surface area contributed by atoms with Crippen LogP contribution in [0.25, 0.3) is 21.5 Å². The molecule has 1 N–H and O–H groups in total. The molecule has 0 atom stereocenters. The van der Waals surface area contributed by atoms with Crippen LogP contribution < -0.4 is 0 Å². The van der Waals surface area contributed by atoms with Crippen LogP contribution in [0.1, 0.15) is 21.7 Å². The topological polar surface area (TPSA) is 68.0 Å². The van der Waals surface area contributed by atoms with Crippen molar-refractivity contribution in [3.63, 3.8) is 0 Å². The standard InChI is InChI=1S/C22H18F3N3O2S2/c1-12-7-17(8-15-9-26-28(20(12)15)10-19(29)30)31-11-18-13(2)27-21(32-18)14-3-5-16(6-4-14)22(23,24)25/h3-9H,10-11H2,1-2H3,(H,29,30).